The van der Waals surface area contributed by atoms with Gasteiger partial charge < -0.3 is 10.2 Å². The number of hydrogen-bond acceptors (Lipinski definition) is 3. The van der Waals surface area contributed by atoms with Crippen molar-refractivity contribution in [1.29, 1.82) is 0 Å². The third kappa shape index (κ3) is 2.08. The number of carbonyl (C=O) groups is 1. The van der Waals surface area contributed by atoms with Crippen LogP contribution in [0.25, 0.3) is 11.3 Å². The standard InChI is InChI=1S/C12H8FNO3/c13-7-3-4-10(15)9(6-7)11-8(12(16)17)2-1-5-14-11/h1-6,15H,(H,16,17). The Labute approximate surface area is 96.0 Å². The van der Waals surface area contributed by atoms with Crippen LogP contribution in [0, 0.1) is 5.82 Å². The van der Waals surface area contributed by atoms with Crippen molar-refractivity contribution in [2.45, 2.75) is 0 Å². The summed E-state index contributed by atoms with van der Waals surface area (Å²) in [6.45, 7) is 0. The number of rotatable bonds is 2. The summed E-state index contributed by atoms with van der Waals surface area (Å²) in [5, 5.41) is 18.6. The summed E-state index contributed by atoms with van der Waals surface area (Å²) in [6.07, 6.45) is 1.38. The summed E-state index contributed by atoms with van der Waals surface area (Å²) in [5.41, 5.74) is 0.00778. The lowest BCUT2D eigenvalue weighted by Gasteiger charge is -2.06. The number of aromatic carboxylic acids is 1. The molecule has 4 nitrogen and oxygen atoms in total. The molecular weight excluding hydrogens is 225 g/mol. The molecule has 0 spiro atoms. The fourth-order valence-corrected chi connectivity index (χ4v) is 1.49. The number of halogens is 1. The number of phenols is 1. The molecule has 5 heteroatoms. The van der Waals surface area contributed by atoms with Crippen LogP contribution < -0.4 is 0 Å². The van der Waals surface area contributed by atoms with Crippen LogP contribution in [0.5, 0.6) is 5.75 Å². The summed E-state index contributed by atoms with van der Waals surface area (Å²) < 4.78 is 13.1. The van der Waals surface area contributed by atoms with E-state index in [1.54, 1.807) is 0 Å². The third-order valence-electron chi connectivity index (χ3n) is 2.25. The second-order valence-electron chi connectivity index (χ2n) is 3.37. The molecule has 0 fully saturated rings. The number of carboxylic acids is 1. The average Bonchev–Trinajstić information content (AvgIpc) is 2.32. The molecule has 2 aromatic rings. The molecule has 86 valence electrons. The Bertz CT molecular complexity index is 584. The van der Waals surface area contributed by atoms with Crippen molar-refractivity contribution in [3.05, 3.63) is 47.9 Å². The van der Waals surface area contributed by atoms with E-state index >= 15 is 0 Å². The minimum atomic E-state index is -1.18. The maximum Gasteiger partial charge on any atom is 0.337 e. The van der Waals surface area contributed by atoms with Gasteiger partial charge in [0.2, 0.25) is 0 Å². The number of nitrogens with zero attached hydrogens (tertiary/aromatic N) is 1. The summed E-state index contributed by atoms with van der Waals surface area (Å²) in [5.74, 6) is -1.97. The van der Waals surface area contributed by atoms with Crippen molar-refractivity contribution in [1.82, 2.24) is 4.98 Å². The number of aromatic nitrogens is 1. The Morgan fingerprint density at radius 3 is 2.76 bits per heavy atom. The van der Waals surface area contributed by atoms with Crippen molar-refractivity contribution >= 4 is 5.97 Å². The summed E-state index contributed by atoms with van der Waals surface area (Å²) in [4.78, 5) is 14.8. The molecule has 2 N–H and O–H groups in total. The number of aromatic hydroxyl groups is 1. The lowest BCUT2D eigenvalue weighted by molar-refractivity contribution is 0.0697. The van der Waals surface area contributed by atoms with Gasteiger partial charge >= 0.3 is 5.97 Å². The lowest BCUT2D eigenvalue weighted by atomic mass is 10.0. The molecule has 0 atom stereocenters. The Balaban J connectivity index is 2.68. The van der Waals surface area contributed by atoms with Gasteiger partial charge in [-0.15, -0.1) is 0 Å². The summed E-state index contributed by atoms with van der Waals surface area (Å²) in [7, 11) is 0. The van der Waals surface area contributed by atoms with E-state index in [0.29, 0.717) is 0 Å². The van der Waals surface area contributed by atoms with Crippen LogP contribution in [-0.2, 0) is 0 Å². The molecule has 0 amide bonds. The predicted molar refractivity (Wildman–Crippen MR) is 58.3 cm³/mol. The van der Waals surface area contributed by atoms with Gasteiger partial charge in [-0.25, -0.2) is 9.18 Å². The maximum absolute atomic E-state index is 13.1. The molecule has 2 rings (SSSR count). The lowest BCUT2D eigenvalue weighted by Crippen LogP contribution is -2.01. The average molecular weight is 233 g/mol. The molecule has 1 aromatic heterocycles. The van der Waals surface area contributed by atoms with E-state index in [-0.39, 0.29) is 22.6 Å². The van der Waals surface area contributed by atoms with Crippen molar-refractivity contribution in [2.75, 3.05) is 0 Å². The van der Waals surface area contributed by atoms with Crippen LogP contribution in [0.4, 0.5) is 4.39 Å². The highest BCUT2D eigenvalue weighted by Crippen LogP contribution is 2.30. The fourth-order valence-electron chi connectivity index (χ4n) is 1.49. The monoisotopic (exact) mass is 233 g/mol. The van der Waals surface area contributed by atoms with Gasteiger partial charge in [-0.2, -0.15) is 0 Å². The number of carboxylic acid groups (broad SMARTS) is 1. The maximum atomic E-state index is 13.1. The number of benzene rings is 1. The zero-order valence-electron chi connectivity index (χ0n) is 8.59. The van der Waals surface area contributed by atoms with Crippen LogP contribution in [0.3, 0.4) is 0 Å². The Morgan fingerprint density at radius 2 is 2.06 bits per heavy atom. The Morgan fingerprint density at radius 1 is 1.29 bits per heavy atom. The molecule has 0 unspecified atom stereocenters. The van der Waals surface area contributed by atoms with Crippen LogP contribution in [-0.4, -0.2) is 21.2 Å². The molecule has 0 aliphatic heterocycles. The highest BCUT2D eigenvalue weighted by molar-refractivity contribution is 5.95. The molecule has 1 aromatic carbocycles. The van der Waals surface area contributed by atoms with Gasteiger partial charge in [0, 0.05) is 11.8 Å². The molecule has 0 bridgehead atoms. The van der Waals surface area contributed by atoms with Crippen molar-refractivity contribution in [2.24, 2.45) is 0 Å². The summed E-state index contributed by atoms with van der Waals surface area (Å²) >= 11 is 0. The molecule has 0 aliphatic carbocycles. The van der Waals surface area contributed by atoms with Gasteiger partial charge in [-0.05, 0) is 30.3 Å². The SMILES string of the molecule is O=C(O)c1cccnc1-c1cc(F)ccc1O. The molecule has 1 heterocycles. The number of phenolic OH excluding ortho intramolecular Hbond substituents is 1. The second kappa shape index (κ2) is 4.21. The smallest absolute Gasteiger partial charge is 0.337 e. The minimum absolute atomic E-state index is 0.0389. The first-order chi connectivity index (χ1) is 8.09. The van der Waals surface area contributed by atoms with Crippen LogP contribution in [0.2, 0.25) is 0 Å². The van der Waals surface area contributed by atoms with Crippen LogP contribution in [0.15, 0.2) is 36.5 Å². The first-order valence-corrected chi connectivity index (χ1v) is 4.77. The zero-order chi connectivity index (χ0) is 12.4. The Hall–Kier alpha value is -2.43. The fraction of sp³-hybridized carbons (Fsp3) is 0. The van der Waals surface area contributed by atoms with E-state index in [4.69, 9.17) is 5.11 Å². The van der Waals surface area contributed by atoms with E-state index in [0.717, 1.165) is 18.2 Å². The van der Waals surface area contributed by atoms with Gasteiger partial charge in [0.25, 0.3) is 0 Å². The summed E-state index contributed by atoms with van der Waals surface area (Å²) in [6, 6.07) is 6.09. The van der Waals surface area contributed by atoms with Gasteiger partial charge in [0.05, 0.1) is 11.3 Å². The topological polar surface area (TPSA) is 70.4 Å². The number of pyridine rings is 1. The van der Waals surface area contributed by atoms with Gasteiger partial charge in [-0.3, -0.25) is 4.98 Å². The first kappa shape index (κ1) is 11.1. The van der Waals surface area contributed by atoms with Gasteiger partial charge in [0.1, 0.15) is 11.6 Å². The van der Waals surface area contributed by atoms with E-state index < -0.39 is 11.8 Å². The normalized spacial score (nSPS) is 10.2. The third-order valence-corrected chi connectivity index (χ3v) is 2.25. The zero-order valence-corrected chi connectivity index (χ0v) is 8.59. The molecule has 0 saturated carbocycles. The Kier molecular flexibility index (Phi) is 2.74. The van der Waals surface area contributed by atoms with E-state index in [1.165, 1.54) is 18.3 Å². The van der Waals surface area contributed by atoms with E-state index in [9.17, 15) is 14.3 Å². The van der Waals surface area contributed by atoms with E-state index in [2.05, 4.69) is 4.98 Å². The molecule has 17 heavy (non-hydrogen) atoms. The molecule has 0 aliphatic rings. The van der Waals surface area contributed by atoms with Crippen LogP contribution in [0.1, 0.15) is 10.4 Å². The molecule has 0 saturated heterocycles. The second-order valence-corrected chi connectivity index (χ2v) is 3.37. The quantitative estimate of drug-likeness (QED) is 0.834. The number of hydrogen-bond donors (Lipinski definition) is 2. The highest BCUT2D eigenvalue weighted by Gasteiger charge is 2.15. The van der Waals surface area contributed by atoms with E-state index in [1.807, 2.05) is 0 Å². The van der Waals surface area contributed by atoms with Gasteiger partial charge in [0.15, 0.2) is 0 Å². The largest absolute Gasteiger partial charge is 0.507 e. The molecular formula is C12H8FNO3. The van der Waals surface area contributed by atoms with Crippen LogP contribution >= 0.6 is 0 Å². The van der Waals surface area contributed by atoms with Crippen molar-refractivity contribution in [3.8, 4) is 17.0 Å². The van der Waals surface area contributed by atoms with Crippen molar-refractivity contribution < 1.29 is 19.4 Å². The molecule has 0 radical (unpaired) electrons. The van der Waals surface area contributed by atoms with Gasteiger partial charge in [-0.1, -0.05) is 0 Å². The minimum Gasteiger partial charge on any atom is -0.507 e. The highest BCUT2D eigenvalue weighted by atomic mass is 19.1. The first-order valence-electron chi connectivity index (χ1n) is 4.77. The predicted octanol–water partition coefficient (Wildman–Crippen LogP) is 2.29. The van der Waals surface area contributed by atoms with Crippen molar-refractivity contribution in [3.63, 3.8) is 0 Å².